The van der Waals surface area contributed by atoms with Gasteiger partial charge >= 0.3 is 156 Å². The summed E-state index contributed by atoms with van der Waals surface area (Å²) in [6, 6.07) is 17.4. The molecule has 1 saturated heterocycles. The van der Waals surface area contributed by atoms with Crippen molar-refractivity contribution in [3.8, 4) is 0 Å². The monoisotopic (exact) mass is 404 g/mol. The van der Waals surface area contributed by atoms with Crippen molar-refractivity contribution < 1.29 is 14.5 Å². The average molecular weight is 405 g/mol. The minimum absolute atomic E-state index is 0.291. The Morgan fingerprint density at radius 2 is 1.17 bits per heavy atom. The van der Waals surface area contributed by atoms with Crippen LogP contribution in [0.3, 0.4) is 0 Å². The van der Waals surface area contributed by atoms with E-state index in [1.54, 1.807) is 10.4 Å². The molecule has 120 valence electrons. The van der Waals surface area contributed by atoms with Gasteiger partial charge in [-0.3, -0.25) is 0 Å². The normalized spacial score (nSPS) is 27.5. The fourth-order valence-electron chi connectivity index (χ4n) is 4.89. The summed E-state index contributed by atoms with van der Waals surface area (Å²) in [6.45, 7) is 4.96. The van der Waals surface area contributed by atoms with Crippen molar-refractivity contribution >= 4 is 38.8 Å². The molecule has 2 unspecified atom stereocenters. The van der Waals surface area contributed by atoms with Crippen LogP contribution in [0.4, 0.5) is 0 Å². The van der Waals surface area contributed by atoms with Crippen LogP contribution in [0, 0.1) is 0 Å². The van der Waals surface area contributed by atoms with E-state index in [1.165, 1.54) is 22.3 Å². The molecule has 2 aliphatic carbocycles. The number of fused-ring (bicyclic) bond motifs is 6. The molecular weight excluding hydrogens is 387 g/mol. The van der Waals surface area contributed by atoms with Gasteiger partial charge in [-0.05, 0) is 0 Å². The second-order valence-corrected chi connectivity index (χ2v) is 21.9. The molecule has 1 aliphatic heterocycles. The summed E-state index contributed by atoms with van der Waals surface area (Å²) in [6.07, 6.45) is 4.83. The van der Waals surface area contributed by atoms with Gasteiger partial charge in [0.15, 0.2) is 0 Å². The van der Waals surface area contributed by atoms with Gasteiger partial charge in [0, 0.05) is 0 Å². The van der Waals surface area contributed by atoms with E-state index < -0.39 is 22.5 Å². The third-order valence-electron chi connectivity index (χ3n) is 6.07. The molecule has 5 rings (SSSR count). The van der Waals surface area contributed by atoms with Crippen LogP contribution in [-0.2, 0) is 14.5 Å². The Hall–Kier alpha value is -0.569. The SMILES string of the molecule is C[Si]1(C)C2=Cc3ccccc3[CH]2[Ti]([Cl])([Cl])[CH]2C1=Cc1ccccc12. The van der Waals surface area contributed by atoms with Crippen molar-refractivity contribution in [1.29, 1.82) is 0 Å². The first-order valence-corrected chi connectivity index (χ1v) is 17.5. The van der Waals surface area contributed by atoms with E-state index >= 15 is 0 Å². The first kappa shape index (κ1) is 15.7. The van der Waals surface area contributed by atoms with Gasteiger partial charge in [0.2, 0.25) is 0 Å². The molecule has 2 atom stereocenters. The van der Waals surface area contributed by atoms with E-state index in [9.17, 15) is 0 Å². The van der Waals surface area contributed by atoms with Crippen LogP contribution in [0.25, 0.3) is 12.2 Å². The maximum absolute atomic E-state index is 7.35. The van der Waals surface area contributed by atoms with E-state index in [0.29, 0.717) is 8.45 Å². The predicted molar refractivity (Wildman–Crippen MR) is 104 cm³/mol. The molecule has 2 aromatic carbocycles. The van der Waals surface area contributed by atoms with E-state index in [4.69, 9.17) is 18.6 Å². The third kappa shape index (κ3) is 1.86. The zero-order valence-corrected chi connectivity index (χ0v) is 17.8. The molecule has 0 radical (unpaired) electrons. The second-order valence-electron chi connectivity index (χ2n) is 7.62. The summed E-state index contributed by atoms with van der Waals surface area (Å²) < 4.78 is 0.582. The molecule has 4 heteroatoms. The van der Waals surface area contributed by atoms with Crippen LogP contribution in [0.1, 0.15) is 30.7 Å². The van der Waals surface area contributed by atoms with Crippen molar-refractivity contribution in [2.45, 2.75) is 21.5 Å². The van der Waals surface area contributed by atoms with Crippen LogP contribution in [-0.4, -0.2) is 8.07 Å². The number of rotatable bonds is 0. The minimum atomic E-state index is -3.22. The summed E-state index contributed by atoms with van der Waals surface area (Å²) >= 11 is -3.22. The van der Waals surface area contributed by atoms with E-state index in [-0.39, 0.29) is 0 Å². The third-order valence-corrected chi connectivity index (χ3v) is 18.7. The number of hydrogen-bond acceptors (Lipinski definition) is 0. The van der Waals surface area contributed by atoms with Crippen molar-refractivity contribution in [1.82, 2.24) is 0 Å². The molecule has 1 heterocycles. The molecule has 3 aliphatic rings. The Morgan fingerprint density at radius 3 is 1.62 bits per heavy atom. The zero-order chi connectivity index (χ0) is 16.7. The Kier molecular flexibility index (Phi) is 3.26. The van der Waals surface area contributed by atoms with Gasteiger partial charge in [0.25, 0.3) is 0 Å². The topological polar surface area (TPSA) is 0 Å². The maximum atomic E-state index is 7.35. The zero-order valence-electron chi connectivity index (χ0n) is 13.7. The number of halogens is 2. The van der Waals surface area contributed by atoms with Crippen LogP contribution < -0.4 is 0 Å². The van der Waals surface area contributed by atoms with Crippen molar-refractivity contribution in [2.24, 2.45) is 0 Å². The van der Waals surface area contributed by atoms with Crippen LogP contribution in [0.15, 0.2) is 58.9 Å². The van der Waals surface area contributed by atoms with Gasteiger partial charge < -0.3 is 0 Å². The molecule has 0 N–H and O–H groups in total. The fraction of sp³-hybridized carbons (Fsp3) is 0.200. The summed E-state index contributed by atoms with van der Waals surface area (Å²) in [4.78, 5) is 0. The molecule has 1 fully saturated rings. The average Bonchev–Trinajstić information content (AvgIpc) is 3.14. The van der Waals surface area contributed by atoms with Crippen molar-refractivity contribution in [3.63, 3.8) is 0 Å². The van der Waals surface area contributed by atoms with Crippen LogP contribution >= 0.6 is 18.6 Å². The van der Waals surface area contributed by atoms with Gasteiger partial charge in [0.05, 0.1) is 0 Å². The van der Waals surface area contributed by atoms with E-state index in [2.05, 4.69) is 73.8 Å². The molecule has 0 saturated carbocycles. The molecule has 2 aromatic rings. The Labute approximate surface area is 155 Å². The molecular formula is C20H18Cl2SiTi. The first-order chi connectivity index (χ1) is 11.4. The fourth-order valence-corrected chi connectivity index (χ4v) is 22.8. The summed E-state index contributed by atoms with van der Waals surface area (Å²) in [5, 5.41) is 3.12. The van der Waals surface area contributed by atoms with Crippen molar-refractivity contribution in [2.75, 3.05) is 0 Å². The van der Waals surface area contributed by atoms with Gasteiger partial charge in [0.1, 0.15) is 0 Å². The molecule has 0 nitrogen and oxygen atoms in total. The van der Waals surface area contributed by atoms with Crippen molar-refractivity contribution in [3.05, 3.63) is 81.2 Å². The summed E-state index contributed by atoms with van der Waals surface area (Å²) in [5.74, 6) is 0. The molecule has 0 bridgehead atoms. The van der Waals surface area contributed by atoms with Gasteiger partial charge in [-0.25, -0.2) is 0 Å². The Morgan fingerprint density at radius 1 is 0.750 bits per heavy atom. The molecule has 0 amide bonds. The van der Waals surface area contributed by atoms with E-state index in [1.807, 2.05) is 0 Å². The molecule has 0 aromatic heterocycles. The van der Waals surface area contributed by atoms with Crippen LogP contribution in [0.5, 0.6) is 0 Å². The van der Waals surface area contributed by atoms with Gasteiger partial charge in [-0.2, -0.15) is 0 Å². The summed E-state index contributed by atoms with van der Waals surface area (Å²) in [7, 11) is 13.0. The Balaban J connectivity index is 1.80. The molecule has 0 spiro atoms. The van der Waals surface area contributed by atoms with Crippen LogP contribution in [0.2, 0.25) is 13.1 Å². The number of benzene rings is 2. The first-order valence-electron chi connectivity index (χ1n) is 8.42. The Bertz CT molecular complexity index is 869. The number of allylic oxidation sites excluding steroid dienone is 2. The quantitative estimate of drug-likeness (QED) is 0.438. The predicted octanol–water partition coefficient (Wildman–Crippen LogP) is 6.52. The van der Waals surface area contributed by atoms with Gasteiger partial charge in [-0.1, -0.05) is 0 Å². The number of hydrogen-bond donors (Lipinski definition) is 0. The van der Waals surface area contributed by atoms with E-state index in [0.717, 1.165) is 0 Å². The van der Waals surface area contributed by atoms with Gasteiger partial charge in [-0.15, -0.1) is 0 Å². The molecule has 24 heavy (non-hydrogen) atoms. The summed E-state index contributed by atoms with van der Waals surface area (Å²) in [5.41, 5.74) is 5.43. The second kappa shape index (κ2) is 4.99. The standard InChI is InChI=1S/C20H18Si.2ClH.Ti/c1-21(2,19-11-15-7-3-4-8-16(15)12-19)20-13-17-9-5-6-10-18(17)14-20;;;/h3-14H,1-2H3;2*1H;/q;;;+2/p-2.